The zero-order chi connectivity index (χ0) is 24.4. The summed E-state index contributed by atoms with van der Waals surface area (Å²) < 4.78 is 0. The number of aromatic amines is 1. The van der Waals surface area contributed by atoms with Gasteiger partial charge in [0.1, 0.15) is 12.6 Å². The number of carbonyl (C=O) groups excluding carboxylic acids is 1. The van der Waals surface area contributed by atoms with Crippen LogP contribution in [0.3, 0.4) is 0 Å². The number of amides is 1. The van der Waals surface area contributed by atoms with Gasteiger partial charge in [0.25, 0.3) is 5.91 Å². The van der Waals surface area contributed by atoms with E-state index < -0.39 is 0 Å². The molecule has 2 aliphatic heterocycles. The van der Waals surface area contributed by atoms with Gasteiger partial charge in [-0.3, -0.25) is 14.7 Å². The lowest BCUT2D eigenvalue weighted by molar-refractivity contribution is -0.407. The van der Waals surface area contributed by atoms with Crippen LogP contribution in [0.4, 0.5) is 0 Å². The van der Waals surface area contributed by atoms with E-state index in [0.717, 1.165) is 46.5 Å². The Morgan fingerprint density at radius 1 is 1.17 bits per heavy atom. The lowest BCUT2D eigenvalue weighted by Gasteiger charge is -2.21. The largest absolute Gasteiger partial charge is 0.370 e. The fourth-order valence-electron chi connectivity index (χ4n) is 5.17. The van der Waals surface area contributed by atoms with Crippen molar-refractivity contribution < 1.29 is 9.79 Å². The Balaban J connectivity index is 1.49. The Hall–Kier alpha value is -4.07. The number of benzene rings is 2. The molecule has 35 heavy (non-hydrogen) atoms. The number of nitrogens with one attached hydrogen (secondary N) is 3. The molecule has 3 heterocycles. The number of allylic oxidation sites excluding steroid dienone is 1. The smallest absolute Gasteiger partial charge is 0.251 e. The highest BCUT2D eigenvalue weighted by atomic mass is 16.2. The zero-order valence-electron chi connectivity index (χ0n) is 19.9. The normalized spacial score (nSPS) is 18.3. The third-order valence-corrected chi connectivity index (χ3v) is 6.86. The summed E-state index contributed by atoms with van der Waals surface area (Å²) in [7, 11) is 0. The number of hydrogen-bond donors (Lipinski definition) is 5. The first-order valence-electron chi connectivity index (χ1n) is 12.2. The Labute approximate surface area is 204 Å². The van der Waals surface area contributed by atoms with Gasteiger partial charge in [0.05, 0.1) is 5.56 Å². The van der Waals surface area contributed by atoms with Crippen molar-refractivity contribution >= 4 is 28.5 Å². The topological polar surface area (TPSA) is 126 Å². The SMILES string of the molecule is CCC(c1ccccc1)C1NC2=C(CCCN=C(N)N)[NH+]=C(c3c[nH]c4ccccc34)CN2C1=O. The zero-order valence-corrected chi connectivity index (χ0v) is 19.9. The quantitative estimate of drug-likeness (QED) is 0.193. The number of fused-ring (bicyclic) bond motifs is 2. The molecule has 5 rings (SSSR count). The van der Waals surface area contributed by atoms with Crippen molar-refractivity contribution in [3.63, 3.8) is 0 Å². The first kappa shape index (κ1) is 22.7. The van der Waals surface area contributed by atoms with E-state index in [4.69, 9.17) is 11.5 Å². The van der Waals surface area contributed by atoms with Gasteiger partial charge < -0.3 is 21.8 Å². The highest BCUT2D eigenvalue weighted by molar-refractivity contribution is 6.10. The number of H-pyrrole nitrogens is 1. The minimum Gasteiger partial charge on any atom is -0.370 e. The second kappa shape index (κ2) is 9.66. The molecule has 1 amide bonds. The van der Waals surface area contributed by atoms with E-state index in [0.29, 0.717) is 19.5 Å². The van der Waals surface area contributed by atoms with E-state index in [2.05, 4.69) is 51.5 Å². The third kappa shape index (κ3) is 4.39. The molecule has 2 aromatic carbocycles. The van der Waals surface area contributed by atoms with Gasteiger partial charge in [0, 0.05) is 36.0 Å². The second-order valence-corrected chi connectivity index (χ2v) is 9.06. The summed E-state index contributed by atoms with van der Waals surface area (Å²) >= 11 is 0. The molecule has 8 heteroatoms. The van der Waals surface area contributed by atoms with Gasteiger partial charge in [0.15, 0.2) is 11.8 Å². The van der Waals surface area contributed by atoms with E-state index >= 15 is 0 Å². The summed E-state index contributed by atoms with van der Waals surface area (Å²) in [4.78, 5) is 26.8. The van der Waals surface area contributed by atoms with Crippen LogP contribution in [-0.4, -0.2) is 46.6 Å². The second-order valence-electron chi connectivity index (χ2n) is 9.06. The van der Waals surface area contributed by atoms with E-state index in [-0.39, 0.29) is 23.8 Å². The molecular formula is C27H32N7O+. The summed E-state index contributed by atoms with van der Waals surface area (Å²) in [6.45, 7) is 3.15. The number of nitrogens with zero attached hydrogens (tertiary/aromatic N) is 2. The number of guanidine groups is 1. The molecule has 7 N–H and O–H groups in total. The number of aromatic nitrogens is 1. The predicted octanol–water partition coefficient (Wildman–Crippen LogP) is 1.27. The van der Waals surface area contributed by atoms with E-state index in [1.54, 1.807) is 0 Å². The van der Waals surface area contributed by atoms with Crippen LogP contribution >= 0.6 is 0 Å². The Kier molecular flexibility index (Phi) is 6.27. The average Bonchev–Trinajstić information content (AvgIpc) is 3.45. The molecule has 2 unspecified atom stereocenters. The van der Waals surface area contributed by atoms with Gasteiger partial charge in [-0.15, -0.1) is 0 Å². The minimum absolute atomic E-state index is 0.0845. The summed E-state index contributed by atoms with van der Waals surface area (Å²) in [5.74, 6) is 1.15. The molecule has 0 aliphatic carbocycles. The number of aliphatic imine (C=N–C) groups is 1. The average molecular weight is 471 g/mol. The Morgan fingerprint density at radius 2 is 1.94 bits per heavy atom. The number of nitrogens with two attached hydrogens (primary N) is 2. The lowest BCUT2D eigenvalue weighted by atomic mass is 9.89. The molecule has 3 aromatic rings. The molecule has 1 fully saturated rings. The Morgan fingerprint density at radius 3 is 2.71 bits per heavy atom. The van der Waals surface area contributed by atoms with E-state index in [1.165, 1.54) is 5.56 Å². The molecule has 1 saturated heterocycles. The van der Waals surface area contributed by atoms with Crippen LogP contribution in [0.15, 0.2) is 77.3 Å². The minimum atomic E-state index is -0.311. The van der Waals surface area contributed by atoms with Crippen molar-refractivity contribution in [1.29, 1.82) is 0 Å². The molecule has 2 atom stereocenters. The predicted molar refractivity (Wildman–Crippen MR) is 138 cm³/mol. The number of carbonyl (C=O) groups is 1. The monoisotopic (exact) mass is 470 g/mol. The standard InChI is InChI=1S/C27H31N7O/c1-2-18(17-9-4-3-5-10-17)24-26(35)34-16-23(20-15-31-21-12-7-6-11-19(20)21)32-22(25(34)33-24)13-8-14-30-27(28)29/h3-7,9-12,15,18,24,31,33H,2,8,13-14,16H2,1H3,(H4,28,29,30)/p+1. The first-order valence-corrected chi connectivity index (χ1v) is 12.2. The van der Waals surface area contributed by atoms with Crippen molar-refractivity contribution in [2.75, 3.05) is 13.1 Å². The first-order chi connectivity index (χ1) is 17.1. The van der Waals surface area contributed by atoms with Crippen LogP contribution < -0.4 is 21.8 Å². The van der Waals surface area contributed by atoms with Crippen LogP contribution in [0.25, 0.3) is 10.9 Å². The highest BCUT2D eigenvalue weighted by Crippen LogP contribution is 2.31. The Bertz CT molecular complexity index is 1320. The van der Waals surface area contributed by atoms with Gasteiger partial charge in [-0.05, 0) is 24.5 Å². The summed E-state index contributed by atoms with van der Waals surface area (Å²) in [6.07, 6.45) is 4.35. The molecule has 0 spiro atoms. The van der Waals surface area contributed by atoms with Crippen molar-refractivity contribution in [2.45, 2.75) is 38.1 Å². The van der Waals surface area contributed by atoms with Crippen LogP contribution in [0.5, 0.6) is 0 Å². The summed E-state index contributed by atoms with van der Waals surface area (Å²) in [5.41, 5.74) is 16.3. The van der Waals surface area contributed by atoms with E-state index in [9.17, 15) is 4.79 Å². The van der Waals surface area contributed by atoms with Crippen LogP contribution in [0, 0.1) is 0 Å². The summed E-state index contributed by atoms with van der Waals surface area (Å²) in [5, 5.41) is 4.71. The van der Waals surface area contributed by atoms with Gasteiger partial charge in [0.2, 0.25) is 11.4 Å². The maximum absolute atomic E-state index is 13.8. The van der Waals surface area contributed by atoms with Crippen LogP contribution in [-0.2, 0) is 4.79 Å². The maximum atomic E-state index is 13.8. The van der Waals surface area contributed by atoms with Gasteiger partial charge >= 0.3 is 0 Å². The van der Waals surface area contributed by atoms with Gasteiger partial charge in [-0.25, -0.2) is 4.99 Å². The fourth-order valence-corrected chi connectivity index (χ4v) is 5.17. The number of hydrogen-bond acceptors (Lipinski definition) is 3. The fraction of sp³-hybridized carbons (Fsp3) is 0.296. The molecule has 0 bridgehead atoms. The summed E-state index contributed by atoms with van der Waals surface area (Å²) in [6, 6.07) is 18.2. The molecule has 2 aliphatic rings. The lowest BCUT2D eigenvalue weighted by Crippen LogP contribution is -2.76. The number of rotatable bonds is 8. The maximum Gasteiger partial charge on any atom is 0.251 e. The van der Waals surface area contributed by atoms with Gasteiger partial charge in [-0.2, -0.15) is 0 Å². The van der Waals surface area contributed by atoms with Crippen LogP contribution in [0.2, 0.25) is 0 Å². The van der Waals surface area contributed by atoms with Crippen LogP contribution in [0.1, 0.15) is 43.2 Å². The van der Waals surface area contributed by atoms with Crippen molar-refractivity contribution in [3.05, 3.63) is 83.4 Å². The van der Waals surface area contributed by atoms with Crippen molar-refractivity contribution in [1.82, 2.24) is 15.2 Å². The molecule has 180 valence electrons. The van der Waals surface area contributed by atoms with E-state index in [1.807, 2.05) is 41.4 Å². The molecule has 1 aromatic heterocycles. The molecule has 8 nitrogen and oxygen atoms in total. The number of para-hydroxylation sites is 1. The molecule has 0 saturated carbocycles. The van der Waals surface area contributed by atoms with Crippen molar-refractivity contribution in [3.8, 4) is 0 Å². The highest BCUT2D eigenvalue weighted by Gasteiger charge is 2.45. The third-order valence-electron chi connectivity index (χ3n) is 6.86. The molecular weight excluding hydrogens is 438 g/mol. The molecule has 0 radical (unpaired) electrons. The van der Waals surface area contributed by atoms with Gasteiger partial charge in [-0.1, -0.05) is 55.5 Å². The van der Waals surface area contributed by atoms with Crippen molar-refractivity contribution in [2.24, 2.45) is 16.5 Å².